The van der Waals surface area contributed by atoms with E-state index in [2.05, 4.69) is 10.2 Å². The van der Waals surface area contributed by atoms with Gasteiger partial charge < -0.3 is 15.0 Å². The van der Waals surface area contributed by atoms with Crippen molar-refractivity contribution >= 4 is 46.1 Å². The van der Waals surface area contributed by atoms with Gasteiger partial charge in [0.2, 0.25) is 5.11 Å². The number of nitrogens with zero attached hydrogens (tertiary/aromatic N) is 2. The Labute approximate surface area is 170 Å². The minimum absolute atomic E-state index is 0.219. The van der Waals surface area contributed by atoms with Crippen LogP contribution in [-0.4, -0.2) is 23.6 Å². The van der Waals surface area contributed by atoms with E-state index in [0.717, 1.165) is 53.7 Å². The molecule has 1 aliphatic heterocycles. The Hall–Kier alpha value is -2.11. The largest absolute Gasteiger partial charge is 0.497 e. The first-order chi connectivity index (χ1) is 13.1. The Balaban J connectivity index is 1.68. The van der Waals surface area contributed by atoms with Crippen LogP contribution in [0.1, 0.15) is 32.1 Å². The molecule has 2 aromatic rings. The molecule has 0 unspecified atom stereocenters. The second kappa shape index (κ2) is 7.49. The number of amidine groups is 1. The lowest BCUT2D eigenvalue weighted by atomic mass is 9.79. The summed E-state index contributed by atoms with van der Waals surface area (Å²) in [6.07, 6.45) is 5.63. The zero-order valence-corrected chi connectivity index (χ0v) is 16.8. The summed E-state index contributed by atoms with van der Waals surface area (Å²) >= 11 is 11.8. The van der Waals surface area contributed by atoms with Gasteiger partial charge in [0, 0.05) is 16.4 Å². The van der Waals surface area contributed by atoms with Crippen LogP contribution >= 0.6 is 23.8 Å². The summed E-state index contributed by atoms with van der Waals surface area (Å²) in [4.78, 5) is 6.99. The summed E-state index contributed by atoms with van der Waals surface area (Å²) in [5.74, 6) is 1.77. The number of hydrogen-bond donors (Lipinski definition) is 1. The molecule has 0 atom stereocenters. The Bertz CT molecular complexity index is 858. The molecule has 1 heterocycles. The van der Waals surface area contributed by atoms with Gasteiger partial charge in [-0.2, -0.15) is 0 Å². The van der Waals surface area contributed by atoms with E-state index in [4.69, 9.17) is 33.5 Å². The lowest BCUT2D eigenvalue weighted by molar-refractivity contribution is 0.386. The van der Waals surface area contributed by atoms with Gasteiger partial charge in [-0.05, 0) is 73.6 Å². The highest BCUT2D eigenvalue weighted by molar-refractivity contribution is 7.80. The molecular weight excluding hydrogens is 378 g/mol. The van der Waals surface area contributed by atoms with Crippen molar-refractivity contribution in [1.29, 1.82) is 0 Å². The van der Waals surface area contributed by atoms with Crippen LogP contribution in [0.3, 0.4) is 0 Å². The van der Waals surface area contributed by atoms with Crippen molar-refractivity contribution < 1.29 is 4.74 Å². The molecule has 1 saturated carbocycles. The molecule has 1 N–H and O–H groups in total. The molecule has 27 heavy (non-hydrogen) atoms. The summed E-state index contributed by atoms with van der Waals surface area (Å²) in [5, 5.41) is 4.86. The van der Waals surface area contributed by atoms with E-state index in [-0.39, 0.29) is 5.54 Å². The fraction of sp³-hybridized carbons (Fsp3) is 0.333. The Morgan fingerprint density at radius 3 is 2.33 bits per heavy atom. The molecule has 1 fully saturated rings. The maximum absolute atomic E-state index is 6.09. The van der Waals surface area contributed by atoms with Crippen LogP contribution in [0.2, 0.25) is 5.02 Å². The number of anilines is 2. The van der Waals surface area contributed by atoms with E-state index in [1.165, 1.54) is 6.42 Å². The van der Waals surface area contributed by atoms with Crippen LogP contribution in [0.15, 0.2) is 53.5 Å². The highest BCUT2D eigenvalue weighted by Gasteiger charge is 2.49. The molecule has 1 spiro atoms. The number of aliphatic imine (C=N–C) groups is 1. The first-order valence-corrected chi connectivity index (χ1v) is 10.0. The van der Waals surface area contributed by atoms with Gasteiger partial charge >= 0.3 is 0 Å². The predicted molar refractivity (Wildman–Crippen MR) is 116 cm³/mol. The van der Waals surface area contributed by atoms with Crippen molar-refractivity contribution in [3.05, 3.63) is 53.6 Å². The van der Waals surface area contributed by atoms with E-state index in [1.807, 2.05) is 48.5 Å². The molecule has 0 bridgehead atoms. The minimum Gasteiger partial charge on any atom is -0.497 e. The Morgan fingerprint density at radius 2 is 1.70 bits per heavy atom. The number of ether oxygens (including phenoxy) is 1. The van der Waals surface area contributed by atoms with E-state index in [1.54, 1.807) is 7.11 Å². The van der Waals surface area contributed by atoms with Gasteiger partial charge in [-0.3, -0.25) is 0 Å². The zero-order chi connectivity index (χ0) is 18.9. The second-order valence-corrected chi connectivity index (χ2v) is 7.80. The van der Waals surface area contributed by atoms with Crippen molar-refractivity contribution in [1.82, 2.24) is 0 Å². The van der Waals surface area contributed by atoms with Gasteiger partial charge in [-0.1, -0.05) is 30.9 Å². The maximum Gasteiger partial charge on any atom is 0.202 e. The first-order valence-electron chi connectivity index (χ1n) is 9.22. The number of hydrogen-bond acceptors (Lipinski definition) is 3. The van der Waals surface area contributed by atoms with Crippen LogP contribution in [-0.2, 0) is 0 Å². The van der Waals surface area contributed by atoms with Crippen molar-refractivity contribution in [3.63, 3.8) is 0 Å². The molecule has 4 nitrogen and oxygen atoms in total. The fourth-order valence-corrected chi connectivity index (χ4v) is 4.54. The average molecular weight is 400 g/mol. The lowest BCUT2D eigenvalue weighted by Gasteiger charge is -2.42. The SMILES string of the molecule is COc1ccc(NC2=NC(=S)N(c3ccc(Cl)cc3)C23CCCCC3)cc1. The van der Waals surface area contributed by atoms with E-state index in [0.29, 0.717) is 5.11 Å². The fourth-order valence-electron chi connectivity index (χ4n) is 4.04. The van der Waals surface area contributed by atoms with Crippen LogP contribution < -0.4 is 15.0 Å². The van der Waals surface area contributed by atoms with Gasteiger partial charge in [-0.25, -0.2) is 4.99 Å². The second-order valence-electron chi connectivity index (χ2n) is 7.00. The number of halogens is 1. The number of rotatable bonds is 3. The van der Waals surface area contributed by atoms with Crippen molar-refractivity contribution in [2.75, 3.05) is 17.3 Å². The Kier molecular flexibility index (Phi) is 5.06. The third-order valence-corrected chi connectivity index (χ3v) is 5.91. The lowest BCUT2D eigenvalue weighted by Crippen LogP contribution is -2.55. The zero-order valence-electron chi connectivity index (χ0n) is 15.2. The topological polar surface area (TPSA) is 36.9 Å². The normalized spacial score (nSPS) is 18.5. The standard InChI is InChI=1S/C21H22ClN3OS/c1-26-18-11-7-16(8-12-18)23-19-21(13-3-2-4-14-21)25(20(27)24-19)17-9-5-15(22)6-10-17/h5-12H,2-4,13-14H2,1H3,(H,23,24,27). The van der Waals surface area contributed by atoms with Crippen molar-refractivity contribution in [2.24, 2.45) is 4.99 Å². The minimum atomic E-state index is -0.219. The molecule has 140 valence electrons. The smallest absolute Gasteiger partial charge is 0.202 e. The summed E-state index contributed by atoms with van der Waals surface area (Å²) < 4.78 is 5.25. The third kappa shape index (κ3) is 3.42. The molecule has 0 saturated heterocycles. The summed E-state index contributed by atoms with van der Waals surface area (Å²) in [7, 11) is 1.67. The van der Waals surface area contributed by atoms with E-state index in [9.17, 15) is 0 Å². The monoisotopic (exact) mass is 399 g/mol. The van der Waals surface area contributed by atoms with Crippen LogP contribution in [0.5, 0.6) is 5.75 Å². The van der Waals surface area contributed by atoms with Gasteiger partial charge in [0.1, 0.15) is 17.1 Å². The molecule has 6 heteroatoms. The number of benzene rings is 2. The highest BCUT2D eigenvalue weighted by Crippen LogP contribution is 2.42. The molecule has 2 aromatic carbocycles. The van der Waals surface area contributed by atoms with Crippen LogP contribution in [0.4, 0.5) is 11.4 Å². The molecule has 2 aliphatic rings. The third-order valence-electron chi connectivity index (χ3n) is 5.39. The van der Waals surface area contributed by atoms with Crippen molar-refractivity contribution in [3.8, 4) is 5.75 Å². The summed E-state index contributed by atoms with van der Waals surface area (Å²) in [6.45, 7) is 0. The molecule has 4 rings (SSSR count). The van der Waals surface area contributed by atoms with Crippen molar-refractivity contribution in [2.45, 2.75) is 37.6 Å². The van der Waals surface area contributed by atoms with Crippen LogP contribution in [0, 0.1) is 0 Å². The first kappa shape index (κ1) is 18.3. The Morgan fingerprint density at radius 1 is 1.04 bits per heavy atom. The van der Waals surface area contributed by atoms with Gasteiger partial charge in [0.05, 0.1) is 7.11 Å². The maximum atomic E-state index is 6.09. The number of methoxy groups -OCH3 is 1. The quantitative estimate of drug-likeness (QED) is 0.675. The highest BCUT2D eigenvalue weighted by atomic mass is 35.5. The van der Waals surface area contributed by atoms with Crippen LogP contribution in [0.25, 0.3) is 0 Å². The summed E-state index contributed by atoms with van der Waals surface area (Å²) in [6, 6.07) is 15.8. The molecular formula is C21H22ClN3OS. The molecule has 0 aromatic heterocycles. The van der Waals surface area contributed by atoms with E-state index >= 15 is 0 Å². The molecule has 0 radical (unpaired) electrons. The van der Waals surface area contributed by atoms with Gasteiger partial charge in [0.25, 0.3) is 0 Å². The number of thiocarbonyl (C=S) groups is 1. The predicted octanol–water partition coefficient (Wildman–Crippen LogP) is 5.67. The van der Waals surface area contributed by atoms with E-state index < -0.39 is 0 Å². The summed E-state index contributed by atoms with van der Waals surface area (Å²) in [5.41, 5.74) is 1.81. The molecule has 0 amide bonds. The number of nitrogens with one attached hydrogen (secondary N) is 1. The van der Waals surface area contributed by atoms with Gasteiger partial charge in [0.15, 0.2) is 0 Å². The molecule has 1 aliphatic carbocycles. The average Bonchev–Trinajstić information content (AvgIpc) is 2.94. The van der Waals surface area contributed by atoms with Gasteiger partial charge in [-0.15, -0.1) is 0 Å².